The Morgan fingerprint density at radius 3 is 2.65 bits per heavy atom. The minimum Gasteiger partial charge on any atom is -1.00 e. The van der Waals surface area contributed by atoms with E-state index >= 15 is 0 Å². The molecule has 1 saturated heterocycles. The van der Waals surface area contributed by atoms with Crippen molar-refractivity contribution >= 4 is 32.8 Å². The average molecular weight is 539 g/mol. The number of benzene rings is 1. The number of quaternary nitrogens is 1. The van der Waals surface area contributed by atoms with Gasteiger partial charge in [0.2, 0.25) is 0 Å². The molecule has 0 atom stereocenters. The van der Waals surface area contributed by atoms with E-state index in [-0.39, 0.29) is 35.7 Å². The van der Waals surface area contributed by atoms with Gasteiger partial charge >= 0.3 is 5.97 Å². The molecule has 0 aliphatic carbocycles. The maximum absolute atomic E-state index is 12.7. The van der Waals surface area contributed by atoms with E-state index in [0.29, 0.717) is 23.2 Å². The lowest BCUT2D eigenvalue weighted by atomic mass is 10.1. The summed E-state index contributed by atoms with van der Waals surface area (Å²) in [6, 6.07) is 3.48. The monoisotopic (exact) mass is 538 g/mol. The van der Waals surface area contributed by atoms with E-state index in [9.17, 15) is 9.90 Å². The van der Waals surface area contributed by atoms with Crippen LogP contribution in [0.3, 0.4) is 0 Å². The molecule has 1 fully saturated rings. The van der Waals surface area contributed by atoms with Gasteiger partial charge in [-0.1, -0.05) is 0 Å². The smallest absolute Gasteiger partial charge is 0.340 e. The number of hydrogen-bond acceptors (Lipinski definition) is 4. The molecule has 1 N–H and O–H groups in total. The fraction of sp³-hybridized carbons (Fsp3) is 0.500. The third-order valence-corrected chi connectivity index (χ3v) is 5.59. The molecule has 26 heavy (non-hydrogen) atoms. The lowest BCUT2D eigenvalue weighted by molar-refractivity contribution is -0.930. The molecule has 8 heteroatoms. The van der Waals surface area contributed by atoms with E-state index in [0.717, 1.165) is 47.4 Å². The first-order valence-corrected chi connectivity index (χ1v) is 9.24. The molecule has 2 heterocycles. The standard InChI is InChI=1S/C18H23BrN2O4.HI/c1-4-25-18(23)17-12-9-16(22)13(19)10-14(12)20(2)15(17)11-21(3)5-7-24-8-6-21;/h9-10H,4-8,11H2,1-3H3;1H. The first-order chi connectivity index (χ1) is 11.9. The van der Waals surface area contributed by atoms with Crippen molar-refractivity contribution in [3.05, 3.63) is 27.9 Å². The van der Waals surface area contributed by atoms with Crippen LogP contribution in [0.2, 0.25) is 0 Å². The van der Waals surface area contributed by atoms with E-state index in [1.54, 1.807) is 13.0 Å². The molecule has 2 aromatic rings. The van der Waals surface area contributed by atoms with Crippen molar-refractivity contribution in [1.29, 1.82) is 0 Å². The van der Waals surface area contributed by atoms with Gasteiger partial charge in [-0.3, -0.25) is 0 Å². The summed E-state index contributed by atoms with van der Waals surface area (Å²) in [5.41, 5.74) is 2.37. The van der Waals surface area contributed by atoms with Crippen molar-refractivity contribution in [3.8, 4) is 5.75 Å². The van der Waals surface area contributed by atoms with Crippen molar-refractivity contribution in [2.75, 3.05) is 40.0 Å². The number of carbonyl (C=O) groups excluding carboxylic acids is 1. The zero-order valence-corrected chi connectivity index (χ0v) is 19.0. The van der Waals surface area contributed by atoms with E-state index in [1.807, 2.05) is 17.7 Å². The number of carbonyl (C=O) groups is 1. The third-order valence-electron chi connectivity index (χ3n) is 4.95. The number of hydrogen-bond donors (Lipinski definition) is 1. The van der Waals surface area contributed by atoms with Crippen molar-refractivity contribution in [1.82, 2.24) is 4.57 Å². The Hall–Kier alpha value is -0.840. The van der Waals surface area contributed by atoms with Crippen LogP contribution in [0.1, 0.15) is 23.0 Å². The molecule has 1 aromatic carbocycles. The Kier molecular flexibility index (Phi) is 6.98. The molecule has 0 saturated carbocycles. The summed E-state index contributed by atoms with van der Waals surface area (Å²) < 4.78 is 14.2. The Balaban J connectivity index is 0.00000243. The Morgan fingerprint density at radius 1 is 1.38 bits per heavy atom. The first-order valence-electron chi connectivity index (χ1n) is 8.44. The van der Waals surface area contributed by atoms with Crippen LogP contribution >= 0.6 is 15.9 Å². The second-order valence-electron chi connectivity index (χ2n) is 6.76. The second kappa shape index (κ2) is 8.45. The molecule has 1 aromatic heterocycles. The number of morpholine rings is 1. The van der Waals surface area contributed by atoms with Gasteiger partial charge in [-0.25, -0.2) is 4.79 Å². The van der Waals surface area contributed by atoms with Crippen LogP contribution < -0.4 is 24.0 Å². The molecule has 6 nitrogen and oxygen atoms in total. The summed E-state index contributed by atoms with van der Waals surface area (Å²) in [7, 11) is 4.14. The van der Waals surface area contributed by atoms with Crippen LogP contribution in [0, 0.1) is 0 Å². The van der Waals surface area contributed by atoms with Gasteiger partial charge in [-0.2, -0.15) is 0 Å². The predicted octanol–water partition coefficient (Wildman–Crippen LogP) is -0.196. The molecule has 0 radical (unpaired) electrons. The lowest BCUT2D eigenvalue weighted by Crippen LogP contribution is -3.00. The highest BCUT2D eigenvalue weighted by Gasteiger charge is 2.32. The number of likely N-dealkylation sites (N-methyl/N-ethyl adjacent to an activating group) is 1. The largest absolute Gasteiger partial charge is 1.00 e. The number of aromatic hydroxyl groups is 1. The van der Waals surface area contributed by atoms with Gasteiger partial charge < -0.3 is 47.6 Å². The number of fused-ring (bicyclic) bond motifs is 1. The average Bonchev–Trinajstić information content (AvgIpc) is 2.81. The highest BCUT2D eigenvalue weighted by atomic mass is 127. The number of nitrogens with zero attached hydrogens (tertiary/aromatic N) is 2. The van der Waals surface area contributed by atoms with Gasteiger partial charge in [0.25, 0.3) is 0 Å². The fourth-order valence-corrected chi connectivity index (χ4v) is 3.75. The molecule has 1 aliphatic rings. The van der Waals surface area contributed by atoms with E-state index in [2.05, 4.69) is 23.0 Å². The Bertz CT molecular complexity index is 815. The number of ether oxygens (including phenoxy) is 2. The molecular formula is C18H24BrIN2O4. The lowest BCUT2D eigenvalue weighted by Gasteiger charge is -2.37. The molecule has 0 spiro atoms. The number of esters is 1. The SMILES string of the molecule is CCOC(=O)c1c(C[N+]2(C)CCOCC2)n(C)c2cc(Br)c(O)cc12.[I-]. The first kappa shape index (κ1) is 21.5. The minimum absolute atomic E-state index is 0. The summed E-state index contributed by atoms with van der Waals surface area (Å²) in [6.07, 6.45) is 0. The van der Waals surface area contributed by atoms with Crippen LogP contribution in [0.5, 0.6) is 5.75 Å². The van der Waals surface area contributed by atoms with Crippen LogP contribution in [0.4, 0.5) is 0 Å². The fourth-order valence-electron chi connectivity index (χ4n) is 3.42. The number of halogens is 2. The molecule has 1 aliphatic heterocycles. The van der Waals surface area contributed by atoms with Crippen LogP contribution in [-0.2, 0) is 23.1 Å². The summed E-state index contributed by atoms with van der Waals surface area (Å²) in [5.74, 6) is -0.230. The minimum atomic E-state index is -0.343. The molecular weight excluding hydrogens is 515 g/mol. The zero-order chi connectivity index (χ0) is 18.2. The quantitative estimate of drug-likeness (QED) is 0.333. The number of phenols is 1. The predicted molar refractivity (Wildman–Crippen MR) is 98.7 cm³/mol. The van der Waals surface area contributed by atoms with E-state index < -0.39 is 0 Å². The summed E-state index contributed by atoms with van der Waals surface area (Å²) in [6.45, 7) is 6.07. The number of aromatic nitrogens is 1. The Morgan fingerprint density at radius 2 is 2.04 bits per heavy atom. The van der Waals surface area contributed by atoms with Crippen molar-refractivity contribution in [2.24, 2.45) is 7.05 Å². The van der Waals surface area contributed by atoms with Crippen LogP contribution in [0.25, 0.3) is 10.9 Å². The van der Waals surface area contributed by atoms with Gasteiger partial charge in [-0.15, -0.1) is 0 Å². The van der Waals surface area contributed by atoms with E-state index in [1.165, 1.54) is 0 Å². The highest BCUT2D eigenvalue weighted by Crippen LogP contribution is 2.35. The van der Waals surface area contributed by atoms with Gasteiger partial charge in [-0.05, 0) is 35.0 Å². The maximum Gasteiger partial charge on any atom is 0.340 e. The summed E-state index contributed by atoms with van der Waals surface area (Å²) >= 11 is 3.36. The van der Waals surface area contributed by atoms with E-state index in [4.69, 9.17) is 9.47 Å². The molecule has 3 rings (SSSR count). The number of rotatable bonds is 4. The highest BCUT2D eigenvalue weighted by molar-refractivity contribution is 9.10. The van der Waals surface area contributed by atoms with Crippen LogP contribution in [-0.4, -0.2) is 60.1 Å². The van der Waals surface area contributed by atoms with Crippen LogP contribution in [0.15, 0.2) is 16.6 Å². The third kappa shape index (κ3) is 4.02. The van der Waals surface area contributed by atoms with Gasteiger partial charge in [0.1, 0.15) is 25.4 Å². The van der Waals surface area contributed by atoms with Gasteiger partial charge in [0, 0.05) is 12.4 Å². The van der Waals surface area contributed by atoms with Crippen molar-refractivity contribution < 1.29 is 47.8 Å². The zero-order valence-electron chi connectivity index (χ0n) is 15.2. The van der Waals surface area contributed by atoms with Gasteiger partial charge in [0.15, 0.2) is 0 Å². The molecule has 0 amide bonds. The summed E-state index contributed by atoms with van der Waals surface area (Å²) in [4.78, 5) is 12.7. The molecule has 0 bridgehead atoms. The number of aryl methyl sites for hydroxylation is 1. The molecule has 0 unspecified atom stereocenters. The van der Waals surface area contributed by atoms with Crippen molar-refractivity contribution in [3.63, 3.8) is 0 Å². The van der Waals surface area contributed by atoms with Crippen molar-refractivity contribution in [2.45, 2.75) is 13.5 Å². The maximum atomic E-state index is 12.7. The Labute approximate surface area is 178 Å². The van der Waals surface area contributed by atoms with Gasteiger partial charge in [0.05, 0.1) is 48.1 Å². The second-order valence-corrected chi connectivity index (χ2v) is 7.61. The molecule has 144 valence electrons. The topological polar surface area (TPSA) is 60.7 Å². The summed E-state index contributed by atoms with van der Waals surface area (Å²) in [5, 5.41) is 10.8. The normalized spacial score (nSPS) is 16.3. The number of phenolic OH excluding ortho intramolecular Hbond substituents is 1.